The van der Waals surface area contributed by atoms with Gasteiger partial charge in [0.05, 0.1) is 11.8 Å². The highest BCUT2D eigenvalue weighted by Crippen LogP contribution is 2.30. The minimum atomic E-state index is -0.296. The number of halogens is 1. The van der Waals surface area contributed by atoms with E-state index in [2.05, 4.69) is 4.98 Å². The molecule has 3 aromatic rings. The van der Waals surface area contributed by atoms with Crippen LogP contribution in [0.1, 0.15) is 0 Å². The zero-order valence-electron chi connectivity index (χ0n) is 9.55. The van der Waals surface area contributed by atoms with Crippen LogP contribution in [0.2, 0.25) is 0 Å². The van der Waals surface area contributed by atoms with Crippen LogP contribution in [0.15, 0.2) is 40.8 Å². The first-order valence-electron chi connectivity index (χ1n) is 5.35. The fraction of sp³-hybridized carbons (Fsp3) is 0.0769. The highest BCUT2D eigenvalue weighted by molar-refractivity contribution is 7.17. The van der Waals surface area contributed by atoms with E-state index in [4.69, 9.17) is 0 Å². The molecule has 2 heterocycles. The Morgan fingerprint density at radius 3 is 3.00 bits per heavy atom. The summed E-state index contributed by atoms with van der Waals surface area (Å²) in [6, 6.07) is 6.30. The summed E-state index contributed by atoms with van der Waals surface area (Å²) in [5.74, 6) is -0.296. The highest BCUT2D eigenvalue weighted by Gasteiger charge is 2.11. The number of aromatic nitrogens is 2. The van der Waals surface area contributed by atoms with Gasteiger partial charge in [-0.05, 0) is 17.7 Å². The second kappa shape index (κ2) is 4.03. The quantitative estimate of drug-likeness (QED) is 0.674. The number of benzene rings is 1. The minimum Gasteiger partial charge on any atom is -0.301 e. The van der Waals surface area contributed by atoms with Crippen LogP contribution in [-0.2, 0) is 7.05 Å². The molecule has 0 saturated carbocycles. The van der Waals surface area contributed by atoms with Crippen LogP contribution in [0.4, 0.5) is 4.39 Å². The van der Waals surface area contributed by atoms with Gasteiger partial charge in [-0.2, -0.15) is 0 Å². The lowest BCUT2D eigenvalue weighted by Gasteiger charge is -2.00. The van der Waals surface area contributed by atoms with Crippen molar-refractivity contribution in [3.05, 3.63) is 52.1 Å². The second-order valence-electron chi connectivity index (χ2n) is 4.00. The lowest BCUT2D eigenvalue weighted by molar-refractivity contribution is 0.628. The van der Waals surface area contributed by atoms with Crippen molar-refractivity contribution < 1.29 is 4.39 Å². The van der Waals surface area contributed by atoms with E-state index in [9.17, 15) is 9.18 Å². The molecule has 0 N–H and O–H groups in total. The maximum atomic E-state index is 13.2. The Bertz CT molecular complexity index is 791. The Hall–Kier alpha value is -2.01. The van der Waals surface area contributed by atoms with Gasteiger partial charge in [0, 0.05) is 18.0 Å². The number of hydrogen-bond donors (Lipinski definition) is 0. The molecule has 18 heavy (non-hydrogen) atoms. The van der Waals surface area contributed by atoms with Gasteiger partial charge in [-0.3, -0.25) is 4.79 Å². The van der Waals surface area contributed by atoms with Crippen LogP contribution in [0.3, 0.4) is 0 Å². The largest absolute Gasteiger partial charge is 0.301 e. The Morgan fingerprint density at radius 1 is 1.39 bits per heavy atom. The van der Waals surface area contributed by atoms with E-state index >= 15 is 0 Å². The van der Waals surface area contributed by atoms with Gasteiger partial charge in [-0.1, -0.05) is 12.1 Å². The van der Waals surface area contributed by atoms with E-state index in [-0.39, 0.29) is 11.4 Å². The lowest BCUT2D eigenvalue weighted by Crippen LogP contribution is -2.15. The van der Waals surface area contributed by atoms with Crippen LogP contribution in [-0.4, -0.2) is 9.55 Å². The van der Waals surface area contributed by atoms with Gasteiger partial charge in [0.25, 0.3) is 5.56 Å². The number of nitrogens with zero attached hydrogens (tertiary/aromatic N) is 2. The van der Waals surface area contributed by atoms with Crippen molar-refractivity contribution in [2.75, 3.05) is 0 Å². The number of aryl methyl sites for hydroxylation is 1. The monoisotopic (exact) mass is 260 g/mol. The second-order valence-corrected chi connectivity index (χ2v) is 4.88. The number of thiophene rings is 1. The predicted molar refractivity (Wildman–Crippen MR) is 70.3 cm³/mol. The van der Waals surface area contributed by atoms with Gasteiger partial charge in [0.15, 0.2) is 0 Å². The molecule has 0 aliphatic rings. The molecule has 0 fully saturated rings. The van der Waals surface area contributed by atoms with Crippen molar-refractivity contribution in [1.82, 2.24) is 9.55 Å². The standard InChI is InChI=1S/C13H9FN2OS/c1-16-7-15-11-10(6-18-12(11)13(16)17)8-3-2-4-9(14)5-8/h2-7H,1H3. The van der Waals surface area contributed by atoms with E-state index in [1.54, 1.807) is 13.1 Å². The summed E-state index contributed by atoms with van der Waals surface area (Å²) in [6.07, 6.45) is 1.49. The molecule has 0 amide bonds. The van der Waals surface area contributed by atoms with Gasteiger partial charge in [-0.25, -0.2) is 9.37 Å². The van der Waals surface area contributed by atoms with Crippen molar-refractivity contribution in [1.29, 1.82) is 0 Å². The van der Waals surface area contributed by atoms with Crippen LogP contribution in [0.25, 0.3) is 21.3 Å². The summed E-state index contributed by atoms with van der Waals surface area (Å²) >= 11 is 1.34. The molecule has 3 rings (SSSR count). The zero-order chi connectivity index (χ0) is 12.7. The molecule has 2 aromatic heterocycles. The van der Waals surface area contributed by atoms with Crippen molar-refractivity contribution in [2.45, 2.75) is 0 Å². The fourth-order valence-corrected chi connectivity index (χ4v) is 2.85. The van der Waals surface area contributed by atoms with E-state index in [1.807, 2.05) is 11.4 Å². The minimum absolute atomic E-state index is 0.0762. The molecule has 0 aliphatic carbocycles. The average Bonchev–Trinajstić information content (AvgIpc) is 2.78. The molecule has 0 bridgehead atoms. The molecule has 1 aromatic carbocycles. The van der Waals surface area contributed by atoms with Crippen LogP contribution < -0.4 is 5.56 Å². The van der Waals surface area contributed by atoms with Crippen molar-refractivity contribution >= 4 is 21.6 Å². The third-order valence-electron chi connectivity index (χ3n) is 2.78. The topological polar surface area (TPSA) is 34.9 Å². The first-order valence-corrected chi connectivity index (χ1v) is 6.23. The van der Waals surface area contributed by atoms with Crippen molar-refractivity contribution in [3.8, 4) is 11.1 Å². The summed E-state index contributed by atoms with van der Waals surface area (Å²) in [4.78, 5) is 16.2. The van der Waals surface area contributed by atoms with Gasteiger partial charge >= 0.3 is 0 Å². The molecule has 0 atom stereocenters. The maximum absolute atomic E-state index is 13.2. The molecule has 3 nitrogen and oxygen atoms in total. The highest BCUT2D eigenvalue weighted by atomic mass is 32.1. The summed E-state index contributed by atoms with van der Waals surface area (Å²) in [5, 5.41) is 1.84. The number of hydrogen-bond acceptors (Lipinski definition) is 3. The first kappa shape index (κ1) is 11.1. The molecule has 0 unspecified atom stereocenters. The van der Waals surface area contributed by atoms with Crippen molar-refractivity contribution in [3.63, 3.8) is 0 Å². The molecule has 0 aliphatic heterocycles. The molecule has 5 heteroatoms. The Kier molecular flexibility index (Phi) is 2.48. The van der Waals surface area contributed by atoms with Gasteiger partial charge in [0.1, 0.15) is 10.5 Å². The van der Waals surface area contributed by atoms with Crippen LogP contribution >= 0.6 is 11.3 Å². The molecular formula is C13H9FN2OS. The summed E-state index contributed by atoms with van der Waals surface area (Å²) in [6.45, 7) is 0. The Labute approximate surface area is 106 Å². The van der Waals surface area contributed by atoms with Gasteiger partial charge in [0.2, 0.25) is 0 Å². The molecule has 0 saturated heterocycles. The molecule has 0 spiro atoms. The fourth-order valence-electron chi connectivity index (χ4n) is 1.85. The van der Waals surface area contributed by atoms with E-state index in [1.165, 1.54) is 34.4 Å². The summed E-state index contributed by atoms with van der Waals surface area (Å²) in [7, 11) is 1.66. The Balaban J connectivity index is 2.32. The van der Waals surface area contributed by atoms with Crippen LogP contribution in [0, 0.1) is 5.82 Å². The normalized spacial score (nSPS) is 11.0. The summed E-state index contributed by atoms with van der Waals surface area (Å²) in [5.41, 5.74) is 2.09. The first-order chi connectivity index (χ1) is 8.66. The smallest absolute Gasteiger partial charge is 0.271 e. The van der Waals surface area contributed by atoms with E-state index in [0.29, 0.717) is 10.2 Å². The maximum Gasteiger partial charge on any atom is 0.271 e. The average molecular weight is 260 g/mol. The third kappa shape index (κ3) is 1.64. The van der Waals surface area contributed by atoms with Gasteiger partial charge < -0.3 is 4.57 Å². The Morgan fingerprint density at radius 2 is 2.22 bits per heavy atom. The van der Waals surface area contributed by atoms with E-state index < -0.39 is 0 Å². The van der Waals surface area contributed by atoms with Crippen LogP contribution in [0.5, 0.6) is 0 Å². The number of rotatable bonds is 1. The lowest BCUT2D eigenvalue weighted by atomic mass is 10.1. The zero-order valence-corrected chi connectivity index (χ0v) is 10.4. The van der Waals surface area contributed by atoms with Crippen molar-refractivity contribution in [2.24, 2.45) is 7.05 Å². The molecular weight excluding hydrogens is 251 g/mol. The molecule has 90 valence electrons. The molecule has 0 radical (unpaired) electrons. The number of fused-ring (bicyclic) bond motifs is 1. The third-order valence-corrected chi connectivity index (χ3v) is 3.73. The predicted octanol–water partition coefficient (Wildman–Crippen LogP) is 2.80. The van der Waals surface area contributed by atoms with E-state index in [0.717, 1.165) is 11.1 Å². The SMILES string of the molecule is Cn1cnc2c(-c3cccc(F)c3)csc2c1=O. The summed E-state index contributed by atoms with van der Waals surface area (Å²) < 4.78 is 15.3. The van der Waals surface area contributed by atoms with Gasteiger partial charge in [-0.15, -0.1) is 11.3 Å².